The Morgan fingerprint density at radius 1 is 1.33 bits per heavy atom. The van der Waals surface area contributed by atoms with E-state index in [-0.39, 0.29) is 17.9 Å². The number of aromatic nitrogens is 1. The lowest BCUT2D eigenvalue weighted by atomic mass is 9.86. The molecule has 4 atom stereocenters. The number of aliphatic hydroxyl groups is 2. The number of aliphatic hydroxyl groups excluding tert-OH is 2. The number of anilines is 1. The summed E-state index contributed by atoms with van der Waals surface area (Å²) in [5.41, 5.74) is 1.05. The minimum absolute atomic E-state index is 0.186. The predicted octanol–water partition coefficient (Wildman–Crippen LogP) is 3.33. The number of hydrogen-bond donors (Lipinski definition) is 3. The third kappa shape index (κ3) is 6.36. The molecule has 1 aromatic heterocycles. The first kappa shape index (κ1) is 26.4. The Balaban J connectivity index is 0.000000257. The fourth-order valence-corrected chi connectivity index (χ4v) is 3.42. The summed E-state index contributed by atoms with van der Waals surface area (Å²) in [5, 5.41) is 20.2. The number of ether oxygens (including phenoxy) is 2. The van der Waals surface area contributed by atoms with Crippen LogP contribution in [0.3, 0.4) is 0 Å². The standard InChI is InChI=1S/C13H13F5O2.C8H10N2O3/c1-6-8(5-20-12(6)13(16,17)18)7-3-4-9(14)10(15)11(7)19-2;11-4-8(13)7-3-6(10-5-12)1-2-9-7/h3-4,6,8,12H,5H2,1-2H3;1-3,5,8,11,13H,4H2,(H,9,10,12). The van der Waals surface area contributed by atoms with Crippen LogP contribution in [0.5, 0.6) is 5.75 Å². The van der Waals surface area contributed by atoms with Crippen LogP contribution in [0.4, 0.5) is 27.6 Å². The largest absolute Gasteiger partial charge is 0.493 e. The van der Waals surface area contributed by atoms with Crippen molar-refractivity contribution >= 4 is 12.1 Å². The third-order valence-electron chi connectivity index (χ3n) is 5.10. The molecule has 33 heavy (non-hydrogen) atoms. The lowest BCUT2D eigenvalue weighted by Crippen LogP contribution is -2.33. The van der Waals surface area contributed by atoms with Gasteiger partial charge in [0.25, 0.3) is 0 Å². The molecule has 182 valence electrons. The zero-order chi connectivity index (χ0) is 24.8. The molecule has 7 nitrogen and oxygen atoms in total. The smallest absolute Gasteiger partial charge is 0.414 e. The number of methoxy groups -OCH3 is 1. The molecule has 0 saturated carbocycles. The molecule has 0 bridgehead atoms. The highest BCUT2D eigenvalue weighted by Crippen LogP contribution is 2.45. The quantitative estimate of drug-likeness (QED) is 0.435. The maximum absolute atomic E-state index is 13.6. The number of carbonyl (C=O) groups is 1. The zero-order valence-corrected chi connectivity index (χ0v) is 17.6. The lowest BCUT2D eigenvalue weighted by Gasteiger charge is -2.22. The van der Waals surface area contributed by atoms with Crippen molar-refractivity contribution in [3.63, 3.8) is 0 Å². The number of alkyl halides is 3. The van der Waals surface area contributed by atoms with Crippen molar-refractivity contribution in [3.05, 3.63) is 53.4 Å². The van der Waals surface area contributed by atoms with E-state index in [1.54, 1.807) is 6.07 Å². The summed E-state index contributed by atoms with van der Waals surface area (Å²) >= 11 is 0. The fourth-order valence-electron chi connectivity index (χ4n) is 3.42. The van der Waals surface area contributed by atoms with E-state index >= 15 is 0 Å². The van der Waals surface area contributed by atoms with E-state index in [4.69, 9.17) is 14.6 Å². The SMILES string of the molecule is COc1c(C2COC(C(F)(F)F)C2C)ccc(F)c1F.O=CNc1ccnc(C(O)CO)c1. The number of carbonyl (C=O) groups excluding carboxylic acids is 1. The number of amides is 1. The molecular weight excluding hydrogens is 455 g/mol. The van der Waals surface area contributed by atoms with E-state index in [2.05, 4.69) is 10.3 Å². The van der Waals surface area contributed by atoms with Gasteiger partial charge in [0.15, 0.2) is 17.7 Å². The average molecular weight is 478 g/mol. The van der Waals surface area contributed by atoms with Gasteiger partial charge in [0.1, 0.15) is 6.10 Å². The number of nitrogens with zero attached hydrogens (tertiary/aromatic N) is 1. The van der Waals surface area contributed by atoms with E-state index in [1.807, 2.05) is 0 Å². The first-order valence-corrected chi connectivity index (χ1v) is 9.70. The van der Waals surface area contributed by atoms with Crippen molar-refractivity contribution < 1.29 is 46.4 Å². The van der Waals surface area contributed by atoms with Crippen molar-refractivity contribution in [2.45, 2.75) is 31.2 Å². The minimum atomic E-state index is -4.49. The van der Waals surface area contributed by atoms with Crippen LogP contribution >= 0.6 is 0 Å². The Morgan fingerprint density at radius 3 is 2.58 bits per heavy atom. The molecule has 0 radical (unpaired) electrons. The number of rotatable bonds is 6. The monoisotopic (exact) mass is 478 g/mol. The van der Waals surface area contributed by atoms with Crippen molar-refractivity contribution in [1.82, 2.24) is 4.98 Å². The van der Waals surface area contributed by atoms with Crippen LogP contribution in [0.2, 0.25) is 0 Å². The Hall–Kier alpha value is -2.83. The number of hydrogen-bond acceptors (Lipinski definition) is 6. The molecule has 4 unspecified atom stereocenters. The van der Waals surface area contributed by atoms with Crippen molar-refractivity contribution in [1.29, 1.82) is 0 Å². The van der Waals surface area contributed by atoms with E-state index in [0.29, 0.717) is 17.8 Å². The molecule has 1 aliphatic rings. The Bertz CT molecular complexity index is 944. The molecule has 3 N–H and O–H groups in total. The highest BCUT2D eigenvalue weighted by atomic mass is 19.4. The van der Waals surface area contributed by atoms with Crippen LogP contribution < -0.4 is 10.1 Å². The van der Waals surface area contributed by atoms with Gasteiger partial charge in [0, 0.05) is 29.3 Å². The van der Waals surface area contributed by atoms with Crippen LogP contribution in [-0.2, 0) is 9.53 Å². The van der Waals surface area contributed by atoms with E-state index in [0.717, 1.165) is 13.2 Å². The predicted molar refractivity (Wildman–Crippen MR) is 107 cm³/mol. The van der Waals surface area contributed by atoms with Gasteiger partial charge in [0.05, 0.1) is 26.0 Å². The summed E-state index contributed by atoms with van der Waals surface area (Å²) in [6, 6.07) is 5.19. The Kier molecular flexibility index (Phi) is 9.08. The molecule has 1 aliphatic heterocycles. The van der Waals surface area contributed by atoms with Gasteiger partial charge in [-0.3, -0.25) is 9.78 Å². The second-order valence-corrected chi connectivity index (χ2v) is 7.17. The van der Waals surface area contributed by atoms with Crippen LogP contribution in [0.25, 0.3) is 0 Å². The lowest BCUT2D eigenvalue weighted by molar-refractivity contribution is -0.215. The van der Waals surface area contributed by atoms with Gasteiger partial charge in [-0.05, 0) is 18.2 Å². The van der Waals surface area contributed by atoms with E-state index < -0.39 is 48.5 Å². The molecule has 0 spiro atoms. The second-order valence-electron chi connectivity index (χ2n) is 7.17. The van der Waals surface area contributed by atoms with Crippen LogP contribution in [0, 0.1) is 17.6 Å². The molecule has 2 heterocycles. The van der Waals surface area contributed by atoms with Crippen molar-refractivity contribution in [2.24, 2.45) is 5.92 Å². The molecule has 1 saturated heterocycles. The van der Waals surface area contributed by atoms with Gasteiger partial charge in [0.2, 0.25) is 12.2 Å². The maximum Gasteiger partial charge on any atom is 0.414 e. The Labute approximate surface area is 186 Å². The molecule has 1 fully saturated rings. The average Bonchev–Trinajstić information content (AvgIpc) is 3.17. The maximum atomic E-state index is 13.6. The van der Waals surface area contributed by atoms with Gasteiger partial charge in [-0.15, -0.1) is 0 Å². The normalized spacial score (nSPS) is 21.1. The van der Waals surface area contributed by atoms with E-state index in [1.165, 1.54) is 25.3 Å². The highest BCUT2D eigenvalue weighted by Gasteiger charge is 2.51. The minimum Gasteiger partial charge on any atom is -0.493 e. The highest BCUT2D eigenvalue weighted by molar-refractivity contribution is 5.70. The molecule has 12 heteroatoms. The molecule has 3 rings (SSSR count). The van der Waals surface area contributed by atoms with Gasteiger partial charge < -0.3 is 25.0 Å². The summed E-state index contributed by atoms with van der Waals surface area (Å²) in [6.07, 6.45) is -5.43. The summed E-state index contributed by atoms with van der Waals surface area (Å²) in [6.45, 7) is 0.765. The van der Waals surface area contributed by atoms with Crippen molar-refractivity contribution in [3.8, 4) is 5.75 Å². The summed E-state index contributed by atoms with van der Waals surface area (Å²) in [5.74, 6) is -4.29. The number of nitrogens with one attached hydrogen (secondary N) is 1. The van der Waals surface area contributed by atoms with Crippen molar-refractivity contribution in [2.75, 3.05) is 25.6 Å². The van der Waals surface area contributed by atoms with Gasteiger partial charge in [-0.25, -0.2) is 4.39 Å². The molecule has 1 amide bonds. The third-order valence-corrected chi connectivity index (χ3v) is 5.10. The summed E-state index contributed by atoms with van der Waals surface area (Å²) < 4.78 is 74.5. The Morgan fingerprint density at radius 2 is 2.03 bits per heavy atom. The first-order valence-electron chi connectivity index (χ1n) is 9.70. The fraction of sp³-hybridized carbons (Fsp3) is 0.429. The topological polar surface area (TPSA) is 101 Å². The van der Waals surface area contributed by atoms with Crippen LogP contribution in [0.1, 0.15) is 30.2 Å². The second kappa shape index (κ2) is 11.3. The summed E-state index contributed by atoms with van der Waals surface area (Å²) in [4.78, 5) is 13.9. The molecule has 2 aromatic rings. The number of pyridine rings is 1. The van der Waals surface area contributed by atoms with Crippen LogP contribution in [-0.4, -0.2) is 54.2 Å². The summed E-state index contributed by atoms with van der Waals surface area (Å²) in [7, 11) is 1.14. The number of halogens is 5. The van der Waals surface area contributed by atoms with Gasteiger partial charge >= 0.3 is 6.18 Å². The van der Waals surface area contributed by atoms with Gasteiger partial charge in [-0.2, -0.15) is 17.6 Å². The van der Waals surface area contributed by atoms with Gasteiger partial charge in [-0.1, -0.05) is 13.0 Å². The molecule has 1 aromatic carbocycles. The van der Waals surface area contributed by atoms with E-state index in [9.17, 15) is 31.9 Å². The zero-order valence-electron chi connectivity index (χ0n) is 17.6. The number of benzene rings is 1. The molecule has 0 aliphatic carbocycles. The van der Waals surface area contributed by atoms with Crippen LogP contribution in [0.15, 0.2) is 30.5 Å². The first-order chi connectivity index (χ1) is 15.5. The molecular formula is C21H23F5N2O5.